The third-order valence-electron chi connectivity index (χ3n) is 3.89. The summed E-state index contributed by atoms with van der Waals surface area (Å²) < 4.78 is 10.7. The second-order valence-electron chi connectivity index (χ2n) is 5.74. The molecule has 3 heteroatoms. The number of carbonyl (C=O) groups excluding carboxylic acids is 1. The van der Waals surface area contributed by atoms with Gasteiger partial charge in [0.2, 0.25) is 0 Å². The van der Waals surface area contributed by atoms with Crippen LogP contribution in [0, 0.1) is 0 Å². The molecule has 1 rings (SSSR count). The van der Waals surface area contributed by atoms with Crippen molar-refractivity contribution in [2.75, 3.05) is 20.3 Å². The summed E-state index contributed by atoms with van der Waals surface area (Å²) in [5.41, 5.74) is 2.78. The van der Waals surface area contributed by atoms with Crippen molar-refractivity contribution in [1.82, 2.24) is 0 Å². The number of allylic oxidation sites excluding steroid dienone is 1. The van der Waals surface area contributed by atoms with E-state index >= 15 is 0 Å². The van der Waals surface area contributed by atoms with E-state index in [2.05, 4.69) is 33.4 Å². The molecular formula is C18H26O3. The van der Waals surface area contributed by atoms with Crippen LogP contribution in [0.15, 0.2) is 24.8 Å². The molecule has 0 aliphatic rings. The second-order valence-corrected chi connectivity index (χ2v) is 5.74. The van der Waals surface area contributed by atoms with E-state index in [1.165, 1.54) is 0 Å². The Labute approximate surface area is 128 Å². The van der Waals surface area contributed by atoms with Crippen molar-refractivity contribution in [2.45, 2.75) is 39.0 Å². The number of ether oxygens (including phenoxy) is 2. The summed E-state index contributed by atoms with van der Waals surface area (Å²) in [5.74, 6) is 0.651. The lowest BCUT2D eigenvalue weighted by Crippen LogP contribution is -2.17. The van der Waals surface area contributed by atoms with Gasteiger partial charge in [-0.1, -0.05) is 32.9 Å². The predicted octanol–water partition coefficient (Wildman–Crippen LogP) is 3.94. The number of hydrogen-bond acceptors (Lipinski definition) is 3. The molecule has 0 aromatic heterocycles. The van der Waals surface area contributed by atoms with Crippen molar-refractivity contribution < 1.29 is 14.3 Å². The quantitative estimate of drug-likeness (QED) is 0.392. The maximum absolute atomic E-state index is 11.4. The fourth-order valence-electron chi connectivity index (χ4n) is 2.11. The Morgan fingerprint density at radius 3 is 2.52 bits per heavy atom. The standard InChI is InChI=1S/C18H26O3/c1-6-8-14-11-16(18(3,4)7-2)12-15(13-19)17(14)21-10-9-20-5/h6,11-13H,1,7-10H2,2-5H3. The van der Waals surface area contributed by atoms with Gasteiger partial charge in [0, 0.05) is 7.11 Å². The zero-order valence-electron chi connectivity index (χ0n) is 13.6. The third-order valence-corrected chi connectivity index (χ3v) is 3.89. The lowest BCUT2D eigenvalue weighted by molar-refractivity contribution is 0.111. The molecule has 0 aliphatic heterocycles. The molecule has 0 bridgehead atoms. The SMILES string of the molecule is C=CCc1cc(C(C)(C)CC)cc(C=O)c1OCCOC. The Balaban J connectivity index is 3.28. The fraction of sp³-hybridized carbons (Fsp3) is 0.500. The van der Waals surface area contributed by atoms with Gasteiger partial charge in [0.25, 0.3) is 0 Å². The highest BCUT2D eigenvalue weighted by molar-refractivity contribution is 5.81. The fourth-order valence-corrected chi connectivity index (χ4v) is 2.11. The zero-order chi connectivity index (χ0) is 15.9. The number of methoxy groups -OCH3 is 1. The summed E-state index contributed by atoms with van der Waals surface area (Å²) in [4.78, 5) is 11.4. The molecule has 21 heavy (non-hydrogen) atoms. The van der Waals surface area contributed by atoms with Gasteiger partial charge in [0.15, 0.2) is 6.29 Å². The van der Waals surface area contributed by atoms with Gasteiger partial charge in [-0.05, 0) is 35.4 Å². The lowest BCUT2D eigenvalue weighted by atomic mass is 9.80. The van der Waals surface area contributed by atoms with E-state index in [0.29, 0.717) is 30.9 Å². The van der Waals surface area contributed by atoms with E-state index < -0.39 is 0 Å². The third kappa shape index (κ3) is 4.43. The Morgan fingerprint density at radius 2 is 2.00 bits per heavy atom. The van der Waals surface area contributed by atoms with E-state index in [0.717, 1.165) is 23.8 Å². The van der Waals surface area contributed by atoms with E-state index in [9.17, 15) is 4.79 Å². The molecule has 3 nitrogen and oxygen atoms in total. The van der Waals surface area contributed by atoms with Crippen LogP contribution in [0.2, 0.25) is 0 Å². The van der Waals surface area contributed by atoms with Crippen LogP contribution in [0.4, 0.5) is 0 Å². The van der Waals surface area contributed by atoms with Crippen molar-refractivity contribution in [3.05, 3.63) is 41.5 Å². The number of aldehydes is 1. The van der Waals surface area contributed by atoms with E-state index in [4.69, 9.17) is 9.47 Å². The smallest absolute Gasteiger partial charge is 0.153 e. The van der Waals surface area contributed by atoms with Crippen molar-refractivity contribution in [1.29, 1.82) is 0 Å². The van der Waals surface area contributed by atoms with Crippen LogP contribution in [0.25, 0.3) is 0 Å². The summed E-state index contributed by atoms with van der Waals surface area (Å²) in [6.45, 7) is 11.2. The Morgan fingerprint density at radius 1 is 1.29 bits per heavy atom. The lowest BCUT2D eigenvalue weighted by Gasteiger charge is -2.25. The summed E-state index contributed by atoms with van der Waals surface area (Å²) in [5, 5.41) is 0. The first-order valence-corrected chi connectivity index (χ1v) is 7.35. The van der Waals surface area contributed by atoms with Gasteiger partial charge in [-0.3, -0.25) is 4.79 Å². The molecule has 1 aromatic rings. The van der Waals surface area contributed by atoms with Gasteiger partial charge in [0.1, 0.15) is 12.4 Å². The first-order valence-electron chi connectivity index (χ1n) is 7.35. The van der Waals surface area contributed by atoms with Gasteiger partial charge in [0.05, 0.1) is 12.2 Å². The molecule has 0 unspecified atom stereocenters. The molecule has 0 amide bonds. The molecule has 0 radical (unpaired) electrons. The number of rotatable bonds is 9. The predicted molar refractivity (Wildman–Crippen MR) is 86.4 cm³/mol. The highest BCUT2D eigenvalue weighted by Gasteiger charge is 2.22. The molecule has 0 saturated carbocycles. The minimum atomic E-state index is 0.0265. The first-order chi connectivity index (χ1) is 10.00. The molecule has 1 aromatic carbocycles. The summed E-state index contributed by atoms with van der Waals surface area (Å²) in [7, 11) is 1.63. The largest absolute Gasteiger partial charge is 0.490 e. The van der Waals surface area contributed by atoms with Gasteiger partial charge >= 0.3 is 0 Å². The molecule has 0 fully saturated rings. The Hall–Kier alpha value is -1.61. The van der Waals surface area contributed by atoms with Crippen molar-refractivity contribution in [2.24, 2.45) is 0 Å². The van der Waals surface area contributed by atoms with Crippen LogP contribution in [0.3, 0.4) is 0 Å². The van der Waals surface area contributed by atoms with Crippen LogP contribution in [-0.2, 0) is 16.6 Å². The molecule has 0 atom stereocenters. The Kier molecular flexibility index (Phi) is 6.63. The minimum Gasteiger partial charge on any atom is -0.490 e. The van der Waals surface area contributed by atoms with Gasteiger partial charge in [-0.15, -0.1) is 6.58 Å². The van der Waals surface area contributed by atoms with Crippen LogP contribution in [0.5, 0.6) is 5.75 Å². The summed E-state index contributed by atoms with van der Waals surface area (Å²) in [6, 6.07) is 4.06. The van der Waals surface area contributed by atoms with Crippen molar-refractivity contribution in [3.63, 3.8) is 0 Å². The molecule has 0 aliphatic carbocycles. The first kappa shape index (κ1) is 17.4. The molecule has 0 N–H and O–H groups in total. The normalized spacial score (nSPS) is 11.2. The topological polar surface area (TPSA) is 35.5 Å². The van der Waals surface area contributed by atoms with E-state index in [-0.39, 0.29) is 5.41 Å². The molecule has 0 spiro atoms. The van der Waals surface area contributed by atoms with Crippen molar-refractivity contribution >= 4 is 6.29 Å². The van der Waals surface area contributed by atoms with Crippen LogP contribution in [-0.4, -0.2) is 26.6 Å². The highest BCUT2D eigenvalue weighted by Crippen LogP contribution is 2.33. The average molecular weight is 290 g/mol. The number of carbonyl (C=O) groups is 1. The monoisotopic (exact) mass is 290 g/mol. The minimum absolute atomic E-state index is 0.0265. The molecular weight excluding hydrogens is 264 g/mol. The van der Waals surface area contributed by atoms with Gasteiger partial charge in [-0.25, -0.2) is 0 Å². The molecule has 116 valence electrons. The number of benzene rings is 1. The highest BCUT2D eigenvalue weighted by atomic mass is 16.5. The number of hydrogen-bond donors (Lipinski definition) is 0. The van der Waals surface area contributed by atoms with Crippen LogP contribution < -0.4 is 4.74 Å². The maximum Gasteiger partial charge on any atom is 0.153 e. The van der Waals surface area contributed by atoms with E-state index in [1.54, 1.807) is 7.11 Å². The molecule has 0 saturated heterocycles. The second kappa shape index (κ2) is 7.99. The maximum atomic E-state index is 11.4. The van der Waals surface area contributed by atoms with E-state index in [1.807, 2.05) is 12.1 Å². The Bertz CT molecular complexity index is 489. The molecule has 0 heterocycles. The van der Waals surface area contributed by atoms with Gasteiger partial charge < -0.3 is 9.47 Å². The average Bonchev–Trinajstić information content (AvgIpc) is 2.48. The summed E-state index contributed by atoms with van der Waals surface area (Å²) >= 11 is 0. The van der Waals surface area contributed by atoms with Crippen LogP contribution in [0.1, 0.15) is 48.7 Å². The van der Waals surface area contributed by atoms with Crippen LogP contribution >= 0.6 is 0 Å². The van der Waals surface area contributed by atoms with Gasteiger partial charge in [-0.2, -0.15) is 0 Å². The van der Waals surface area contributed by atoms with Crippen molar-refractivity contribution in [3.8, 4) is 5.75 Å². The zero-order valence-corrected chi connectivity index (χ0v) is 13.6. The summed E-state index contributed by atoms with van der Waals surface area (Å²) in [6.07, 6.45) is 4.37.